The third-order valence-corrected chi connectivity index (χ3v) is 6.09. The molecule has 1 saturated carbocycles. The van der Waals surface area contributed by atoms with Crippen LogP contribution in [0.3, 0.4) is 0 Å². The van der Waals surface area contributed by atoms with Gasteiger partial charge in [0.2, 0.25) is 0 Å². The van der Waals surface area contributed by atoms with Crippen LogP contribution < -0.4 is 5.32 Å². The molecule has 4 rings (SSSR count). The number of hydrogen-bond acceptors (Lipinski definition) is 4. The van der Waals surface area contributed by atoms with E-state index in [1.807, 2.05) is 0 Å². The Bertz CT molecular complexity index is 358. The Kier molecular flexibility index (Phi) is 3.99. The highest BCUT2D eigenvalue weighted by Gasteiger charge is 2.44. The highest BCUT2D eigenvalue weighted by atomic mass is 16.7. The molecule has 0 amide bonds. The molecule has 1 N–H and O–H groups in total. The summed E-state index contributed by atoms with van der Waals surface area (Å²) in [6, 6.07) is 2.28. The topological polar surface area (TPSA) is 33.7 Å². The van der Waals surface area contributed by atoms with Gasteiger partial charge in [-0.2, -0.15) is 0 Å². The summed E-state index contributed by atoms with van der Waals surface area (Å²) in [6.45, 7) is 5.29. The van der Waals surface area contributed by atoms with Gasteiger partial charge in [-0.25, -0.2) is 0 Å². The molecule has 0 aromatic heterocycles. The molecule has 4 nitrogen and oxygen atoms in total. The average Bonchev–Trinajstić information content (AvgIpc) is 3.20. The number of likely N-dealkylation sites (N-methyl/N-ethyl adjacent to an activating group) is 1. The minimum Gasteiger partial charge on any atom is -0.347 e. The van der Waals surface area contributed by atoms with Crippen molar-refractivity contribution < 1.29 is 9.47 Å². The van der Waals surface area contributed by atoms with Crippen LogP contribution in [-0.4, -0.2) is 54.6 Å². The highest BCUT2D eigenvalue weighted by molar-refractivity contribution is 4.96. The largest absolute Gasteiger partial charge is 0.347 e. The highest BCUT2D eigenvalue weighted by Crippen LogP contribution is 2.39. The van der Waals surface area contributed by atoms with Gasteiger partial charge in [0.05, 0.1) is 12.7 Å². The van der Waals surface area contributed by atoms with Crippen LogP contribution >= 0.6 is 0 Å². The Hall–Kier alpha value is -0.160. The van der Waals surface area contributed by atoms with Gasteiger partial charge in [-0.05, 0) is 45.1 Å². The molecule has 3 saturated heterocycles. The van der Waals surface area contributed by atoms with Crippen molar-refractivity contribution in [2.75, 3.05) is 19.7 Å². The number of nitrogens with one attached hydrogen (secondary N) is 1. The molecular weight excluding hydrogens is 264 g/mol. The maximum Gasteiger partial charge on any atom is 0.168 e. The lowest BCUT2D eigenvalue weighted by Gasteiger charge is -2.38. The van der Waals surface area contributed by atoms with Crippen LogP contribution in [0.25, 0.3) is 0 Å². The second-order valence-electron chi connectivity index (χ2n) is 7.52. The van der Waals surface area contributed by atoms with Gasteiger partial charge in [0.25, 0.3) is 0 Å². The number of rotatable bonds is 4. The molecule has 0 aromatic rings. The average molecular weight is 294 g/mol. The zero-order chi connectivity index (χ0) is 14.3. The molecule has 0 aromatic carbocycles. The van der Waals surface area contributed by atoms with E-state index in [9.17, 15) is 0 Å². The van der Waals surface area contributed by atoms with E-state index in [4.69, 9.17) is 9.47 Å². The molecule has 3 heterocycles. The molecule has 120 valence electrons. The maximum absolute atomic E-state index is 6.32. The first-order valence-electron chi connectivity index (χ1n) is 9.08. The summed E-state index contributed by atoms with van der Waals surface area (Å²) in [5.74, 6) is -0.197. The van der Waals surface area contributed by atoms with E-state index in [1.54, 1.807) is 0 Å². The number of hydrogen-bond donors (Lipinski definition) is 1. The van der Waals surface area contributed by atoms with Crippen LogP contribution in [0.4, 0.5) is 0 Å². The van der Waals surface area contributed by atoms with E-state index in [0.717, 1.165) is 50.7 Å². The number of fused-ring (bicyclic) bond motifs is 2. The van der Waals surface area contributed by atoms with Gasteiger partial charge in [0.1, 0.15) is 0 Å². The zero-order valence-electron chi connectivity index (χ0n) is 13.4. The maximum atomic E-state index is 6.32. The summed E-state index contributed by atoms with van der Waals surface area (Å²) in [5.41, 5.74) is 0. The lowest BCUT2D eigenvalue weighted by Crippen LogP contribution is -2.50. The first-order valence-corrected chi connectivity index (χ1v) is 9.08. The van der Waals surface area contributed by atoms with Gasteiger partial charge in [0.15, 0.2) is 5.79 Å². The van der Waals surface area contributed by atoms with Crippen LogP contribution in [0.1, 0.15) is 58.3 Å². The van der Waals surface area contributed by atoms with Gasteiger partial charge in [-0.3, -0.25) is 4.90 Å². The van der Waals surface area contributed by atoms with E-state index in [0.29, 0.717) is 0 Å². The van der Waals surface area contributed by atoms with E-state index >= 15 is 0 Å². The first kappa shape index (κ1) is 14.4. The molecule has 2 bridgehead atoms. The normalized spacial score (nSPS) is 41.4. The SMILES string of the molecule is CCN(CC1COC2(CCCC2)O1)C1CC2CCC(C1)N2. The quantitative estimate of drug-likeness (QED) is 0.862. The monoisotopic (exact) mass is 294 g/mol. The van der Waals surface area contributed by atoms with Crippen molar-refractivity contribution in [3.8, 4) is 0 Å². The van der Waals surface area contributed by atoms with Crippen molar-refractivity contribution in [2.24, 2.45) is 0 Å². The summed E-state index contributed by atoms with van der Waals surface area (Å²) in [7, 11) is 0. The van der Waals surface area contributed by atoms with Crippen LogP contribution in [0.15, 0.2) is 0 Å². The van der Waals surface area contributed by atoms with Crippen LogP contribution in [0.2, 0.25) is 0 Å². The van der Waals surface area contributed by atoms with E-state index < -0.39 is 0 Å². The van der Waals surface area contributed by atoms with Crippen molar-refractivity contribution in [3.05, 3.63) is 0 Å². The van der Waals surface area contributed by atoms with Crippen LogP contribution in [0.5, 0.6) is 0 Å². The molecule has 21 heavy (non-hydrogen) atoms. The molecule has 3 unspecified atom stereocenters. The lowest BCUT2D eigenvalue weighted by atomic mass is 9.98. The van der Waals surface area contributed by atoms with Crippen molar-refractivity contribution in [1.82, 2.24) is 10.2 Å². The minimum atomic E-state index is -0.197. The summed E-state index contributed by atoms with van der Waals surface area (Å²) >= 11 is 0. The van der Waals surface area contributed by atoms with Gasteiger partial charge in [0, 0.05) is 37.5 Å². The Morgan fingerprint density at radius 1 is 1.14 bits per heavy atom. The summed E-state index contributed by atoms with van der Waals surface area (Å²) in [6.07, 6.45) is 10.4. The Morgan fingerprint density at radius 3 is 2.52 bits per heavy atom. The van der Waals surface area contributed by atoms with E-state index in [-0.39, 0.29) is 11.9 Å². The summed E-state index contributed by atoms with van der Waals surface area (Å²) < 4.78 is 12.4. The van der Waals surface area contributed by atoms with Gasteiger partial charge in [-0.1, -0.05) is 6.92 Å². The van der Waals surface area contributed by atoms with Gasteiger partial charge in [-0.15, -0.1) is 0 Å². The molecule has 4 aliphatic rings. The molecule has 1 aliphatic carbocycles. The van der Waals surface area contributed by atoms with Crippen molar-refractivity contribution in [2.45, 2.75) is 88.3 Å². The standard InChI is InChI=1S/C17H30N2O2/c1-2-19(15-9-13-5-6-14(10-15)18-13)11-16-12-20-17(21-16)7-3-4-8-17/h13-16,18H,2-12H2,1H3. The molecule has 3 atom stereocenters. The number of nitrogens with zero attached hydrogens (tertiary/aromatic N) is 1. The summed E-state index contributed by atoms with van der Waals surface area (Å²) in [5, 5.41) is 3.75. The minimum absolute atomic E-state index is 0.197. The third-order valence-electron chi connectivity index (χ3n) is 6.09. The van der Waals surface area contributed by atoms with Crippen LogP contribution in [-0.2, 0) is 9.47 Å². The first-order chi connectivity index (χ1) is 10.3. The van der Waals surface area contributed by atoms with Gasteiger partial charge >= 0.3 is 0 Å². The fourth-order valence-electron chi connectivity index (χ4n) is 5.01. The number of ether oxygens (including phenoxy) is 2. The molecule has 0 radical (unpaired) electrons. The lowest BCUT2D eigenvalue weighted by molar-refractivity contribution is -0.164. The van der Waals surface area contributed by atoms with Crippen molar-refractivity contribution >= 4 is 0 Å². The second-order valence-corrected chi connectivity index (χ2v) is 7.52. The van der Waals surface area contributed by atoms with E-state index in [2.05, 4.69) is 17.1 Å². The van der Waals surface area contributed by atoms with Gasteiger partial charge < -0.3 is 14.8 Å². The molecule has 4 fully saturated rings. The predicted octanol–water partition coefficient (Wildman–Crippen LogP) is 2.28. The molecule has 4 heteroatoms. The van der Waals surface area contributed by atoms with E-state index in [1.165, 1.54) is 38.5 Å². The van der Waals surface area contributed by atoms with Crippen LogP contribution in [0, 0.1) is 0 Å². The van der Waals surface area contributed by atoms with Crippen molar-refractivity contribution in [1.29, 1.82) is 0 Å². The fourth-order valence-corrected chi connectivity index (χ4v) is 5.01. The van der Waals surface area contributed by atoms with Crippen molar-refractivity contribution in [3.63, 3.8) is 0 Å². The second kappa shape index (κ2) is 5.80. The summed E-state index contributed by atoms with van der Waals surface area (Å²) in [4.78, 5) is 2.66. The number of piperidine rings is 1. The smallest absolute Gasteiger partial charge is 0.168 e. The molecule has 1 spiro atoms. The molecule has 3 aliphatic heterocycles. The zero-order valence-corrected chi connectivity index (χ0v) is 13.4. The molecular formula is C17H30N2O2. The Morgan fingerprint density at radius 2 is 1.86 bits per heavy atom. The third kappa shape index (κ3) is 2.88. The Balaban J connectivity index is 1.34. The Labute approximate surface area is 128 Å². The predicted molar refractivity (Wildman–Crippen MR) is 82.2 cm³/mol. The fraction of sp³-hybridized carbons (Fsp3) is 1.00.